The number of nitrogens with zero attached hydrogens (tertiary/aromatic N) is 3. The van der Waals surface area contributed by atoms with Crippen molar-refractivity contribution in [2.75, 3.05) is 26.2 Å². The zero-order valence-corrected chi connectivity index (χ0v) is 14.3. The fraction of sp³-hybridized carbons (Fsp3) is 0.786. The lowest BCUT2D eigenvalue weighted by Gasteiger charge is -2.46. The maximum absolute atomic E-state index is 12.9. The van der Waals surface area contributed by atoms with E-state index in [9.17, 15) is 8.42 Å². The second-order valence-electron chi connectivity index (χ2n) is 6.40. The van der Waals surface area contributed by atoms with E-state index in [1.54, 1.807) is 13.8 Å². The molecule has 2 aliphatic rings. The van der Waals surface area contributed by atoms with E-state index in [0.717, 1.165) is 13.1 Å². The van der Waals surface area contributed by atoms with Gasteiger partial charge in [0.1, 0.15) is 10.6 Å². The lowest BCUT2D eigenvalue weighted by Crippen LogP contribution is -2.61. The summed E-state index contributed by atoms with van der Waals surface area (Å²) in [7, 11) is -3.58. The van der Waals surface area contributed by atoms with E-state index in [0.29, 0.717) is 30.6 Å². The van der Waals surface area contributed by atoms with Crippen LogP contribution in [0.3, 0.4) is 0 Å². The predicted molar refractivity (Wildman–Crippen MR) is 80.1 cm³/mol. The quantitative estimate of drug-likeness (QED) is 0.815. The van der Waals surface area contributed by atoms with Crippen LogP contribution in [0, 0.1) is 13.8 Å². The highest BCUT2D eigenvalue weighted by Gasteiger charge is 2.41. The Kier molecular flexibility index (Phi) is 4.05. The van der Waals surface area contributed by atoms with E-state index in [4.69, 9.17) is 9.26 Å². The summed E-state index contributed by atoms with van der Waals surface area (Å²) >= 11 is 0. The number of hydrogen-bond donors (Lipinski definition) is 0. The van der Waals surface area contributed by atoms with Crippen LogP contribution in [0.25, 0.3) is 0 Å². The lowest BCUT2D eigenvalue weighted by atomic mass is 10.1. The average molecular weight is 329 g/mol. The molecule has 8 heteroatoms. The number of aryl methyl sites for hydroxylation is 2. The van der Waals surface area contributed by atoms with Crippen molar-refractivity contribution in [3.05, 3.63) is 11.5 Å². The second kappa shape index (κ2) is 5.59. The van der Waals surface area contributed by atoms with Gasteiger partial charge >= 0.3 is 0 Å². The van der Waals surface area contributed by atoms with Crippen LogP contribution in [0.15, 0.2) is 9.42 Å². The highest BCUT2D eigenvalue weighted by atomic mass is 32.2. The molecule has 7 nitrogen and oxygen atoms in total. The van der Waals surface area contributed by atoms with E-state index in [-0.39, 0.29) is 17.1 Å². The van der Waals surface area contributed by atoms with E-state index < -0.39 is 10.0 Å². The summed E-state index contributed by atoms with van der Waals surface area (Å²) in [6.07, 6.45) is -0.157. The van der Waals surface area contributed by atoms with Gasteiger partial charge in [-0.05, 0) is 27.7 Å². The molecule has 1 aromatic rings. The van der Waals surface area contributed by atoms with Gasteiger partial charge in [0.25, 0.3) is 0 Å². The van der Waals surface area contributed by atoms with Crippen molar-refractivity contribution in [3.8, 4) is 0 Å². The van der Waals surface area contributed by atoms with Gasteiger partial charge in [0.05, 0.1) is 12.2 Å². The van der Waals surface area contributed by atoms with Crippen LogP contribution >= 0.6 is 0 Å². The molecule has 22 heavy (non-hydrogen) atoms. The topological polar surface area (TPSA) is 75.9 Å². The molecular weight excluding hydrogens is 306 g/mol. The van der Waals surface area contributed by atoms with Crippen molar-refractivity contribution in [1.82, 2.24) is 14.4 Å². The summed E-state index contributed by atoms with van der Waals surface area (Å²) in [5.41, 5.74) is 0.415. The van der Waals surface area contributed by atoms with Crippen LogP contribution < -0.4 is 0 Å². The molecular formula is C14H23N3O4S. The molecule has 2 unspecified atom stereocenters. The zero-order valence-electron chi connectivity index (χ0n) is 13.4. The average Bonchev–Trinajstić information content (AvgIpc) is 2.77. The van der Waals surface area contributed by atoms with Crippen molar-refractivity contribution in [3.63, 3.8) is 0 Å². The number of morpholine rings is 2. The van der Waals surface area contributed by atoms with Crippen molar-refractivity contribution in [2.24, 2.45) is 0 Å². The molecule has 0 aromatic carbocycles. The minimum Gasteiger partial charge on any atom is -0.370 e. The summed E-state index contributed by atoms with van der Waals surface area (Å²) in [5.74, 6) is 0.345. The number of fused-ring (bicyclic) bond motifs is 2. The third-order valence-corrected chi connectivity index (χ3v) is 6.45. The second-order valence-corrected chi connectivity index (χ2v) is 8.28. The fourth-order valence-corrected chi connectivity index (χ4v) is 5.07. The SMILES string of the molecule is Cc1noc(C)c1S(=O)(=O)N1CC2CN(C(C)C)CC(C1)O2. The van der Waals surface area contributed by atoms with Crippen molar-refractivity contribution in [2.45, 2.75) is 50.8 Å². The van der Waals surface area contributed by atoms with Crippen molar-refractivity contribution in [1.29, 1.82) is 0 Å². The molecule has 0 N–H and O–H groups in total. The highest BCUT2D eigenvalue weighted by molar-refractivity contribution is 7.89. The summed E-state index contributed by atoms with van der Waals surface area (Å²) in [5, 5.41) is 3.76. The largest absolute Gasteiger partial charge is 0.370 e. The molecule has 0 amide bonds. The summed E-state index contributed by atoms with van der Waals surface area (Å²) in [6.45, 7) is 9.89. The van der Waals surface area contributed by atoms with Gasteiger partial charge in [-0.3, -0.25) is 4.90 Å². The van der Waals surface area contributed by atoms with Crippen LogP contribution in [-0.4, -0.2) is 67.2 Å². The molecule has 0 aliphatic carbocycles. The Morgan fingerprint density at radius 1 is 1.14 bits per heavy atom. The molecule has 2 saturated heterocycles. The number of aromatic nitrogens is 1. The first-order valence-electron chi connectivity index (χ1n) is 7.61. The third-order valence-electron chi connectivity index (χ3n) is 4.37. The molecule has 124 valence electrons. The van der Waals surface area contributed by atoms with Gasteiger partial charge in [0, 0.05) is 32.2 Å². The normalized spacial score (nSPS) is 27.5. The maximum atomic E-state index is 12.9. The first-order chi connectivity index (χ1) is 10.3. The fourth-order valence-electron chi connectivity index (χ4n) is 3.28. The Hall–Kier alpha value is -0.960. The molecule has 2 aliphatic heterocycles. The van der Waals surface area contributed by atoms with Gasteiger partial charge in [-0.1, -0.05) is 5.16 Å². The van der Waals surface area contributed by atoms with Gasteiger partial charge in [0.15, 0.2) is 5.76 Å². The molecule has 1 aromatic heterocycles. The molecule has 0 radical (unpaired) electrons. The number of rotatable bonds is 3. The van der Waals surface area contributed by atoms with Gasteiger partial charge in [-0.25, -0.2) is 8.42 Å². The van der Waals surface area contributed by atoms with E-state index in [1.807, 2.05) is 0 Å². The molecule has 0 saturated carbocycles. The van der Waals surface area contributed by atoms with Crippen LogP contribution in [0.5, 0.6) is 0 Å². The maximum Gasteiger partial charge on any atom is 0.248 e. The number of ether oxygens (including phenoxy) is 1. The summed E-state index contributed by atoms with van der Waals surface area (Å²) in [4.78, 5) is 2.55. The van der Waals surface area contributed by atoms with Gasteiger partial charge < -0.3 is 9.26 Å². The van der Waals surface area contributed by atoms with E-state index in [2.05, 4.69) is 23.9 Å². The van der Waals surface area contributed by atoms with E-state index >= 15 is 0 Å². The predicted octanol–water partition coefficient (Wildman–Crippen LogP) is 0.774. The number of hydrogen-bond acceptors (Lipinski definition) is 6. The Morgan fingerprint density at radius 2 is 1.73 bits per heavy atom. The molecule has 2 atom stereocenters. The number of sulfonamides is 1. The van der Waals surface area contributed by atoms with E-state index in [1.165, 1.54) is 4.31 Å². The summed E-state index contributed by atoms with van der Waals surface area (Å²) in [6, 6.07) is 0.444. The van der Waals surface area contributed by atoms with Crippen LogP contribution in [-0.2, 0) is 14.8 Å². The molecule has 0 spiro atoms. The lowest BCUT2D eigenvalue weighted by molar-refractivity contribution is -0.128. The Labute approximate surface area is 131 Å². The molecule has 2 bridgehead atoms. The van der Waals surface area contributed by atoms with Crippen LogP contribution in [0.1, 0.15) is 25.3 Å². The Bertz CT molecular complexity index is 622. The van der Waals surface area contributed by atoms with Gasteiger partial charge in [-0.2, -0.15) is 4.31 Å². The van der Waals surface area contributed by atoms with Gasteiger partial charge in [0.2, 0.25) is 10.0 Å². The van der Waals surface area contributed by atoms with Crippen LogP contribution in [0.2, 0.25) is 0 Å². The van der Waals surface area contributed by atoms with Crippen molar-refractivity contribution < 1.29 is 17.7 Å². The minimum absolute atomic E-state index is 0.0786. The Balaban J connectivity index is 1.83. The molecule has 3 rings (SSSR count). The first kappa shape index (κ1) is 15.9. The van der Waals surface area contributed by atoms with Crippen LogP contribution in [0.4, 0.5) is 0 Å². The molecule has 3 heterocycles. The first-order valence-corrected chi connectivity index (χ1v) is 9.05. The Morgan fingerprint density at radius 3 is 2.18 bits per heavy atom. The zero-order chi connectivity index (χ0) is 16.1. The monoisotopic (exact) mass is 329 g/mol. The standard InChI is InChI=1S/C14H23N3O4S/c1-9(2)16-5-12-7-17(8-13(6-16)20-12)22(18,19)14-10(3)15-21-11(14)4/h9,12-13H,5-8H2,1-4H3. The minimum atomic E-state index is -3.58. The van der Waals surface area contributed by atoms with Crippen molar-refractivity contribution >= 4 is 10.0 Å². The molecule has 2 fully saturated rings. The van der Waals surface area contributed by atoms with Gasteiger partial charge in [-0.15, -0.1) is 0 Å². The highest BCUT2D eigenvalue weighted by Crippen LogP contribution is 2.28. The smallest absolute Gasteiger partial charge is 0.248 e. The third kappa shape index (κ3) is 2.68. The summed E-state index contributed by atoms with van der Waals surface area (Å²) < 4.78 is 38.2.